The number of alkyl carbamates (subject to hydrolysis) is 1. The maximum atomic E-state index is 11.3. The normalized spacial score (nSPS) is 9.39. The van der Waals surface area contributed by atoms with Gasteiger partial charge in [-0.05, 0) is 5.56 Å². The molecule has 0 unspecified atom stereocenters. The number of rotatable bonds is 5. The van der Waals surface area contributed by atoms with E-state index in [9.17, 15) is 9.59 Å². The molecule has 0 aromatic heterocycles. The predicted octanol–water partition coefficient (Wildman–Crippen LogP) is 1.64. The Labute approximate surface area is 105 Å². The lowest BCUT2D eigenvalue weighted by atomic mass is 10.2. The summed E-state index contributed by atoms with van der Waals surface area (Å²) in [7, 11) is 1.25. The van der Waals surface area contributed by atoms with Gasteiger partial charge in [0.25, 0.3) is 0 Å². The van der Waals surface area contributed by atoms with Gasteiger partial charge in [-0.2, -0.15) is 0 Å². The molecular weight excluding hydrogens is 234 g/mol. The van der Waals surface area contributed by atoms with Crippen molar-refractivity contribution >= 4 is 12.1 Å². The molecule has 96 valence electrons. The van der Waals surface area contributed by atoms with Gasteiger partial charge in [0.15, 0.2) is 0 Å². The van der Waals surface area contributed by atoms with Crippen molar-refractivity contribution in [2.24, 2.45) is 0 Å². The molecule has 0 radical (unpaired) electrons. The zero-order chi connectivity index (χ0) is 13.4. The summed E-state index contributed by atoms with van der Waals surface area (Å²) >= 11 is 0. The number of methoxy groups -OCH3 is 1. The number of ether oxygens (including phenoxy) is 2. The van der Waals surface area contributed by atoms with Crippen LogP contribution in [0.1, 0.15) is 5.56 Å². The predicted molar refractivity (Wildman–Crippen MR) is 65.8 cm³/mol. The quantitative estimate of drug-likeness (QED) is 0.636. The number of carbonyl (C=O) groups is 2. The smallest absolute Gasteiger partial charge is 0.407 e. The molecule has 1 amide bonds. The van der Waals surface area contributed by atoms with Crippen LogP contribution < -0.4 is 5.32 Å². The minimum absolute atomic E-state index is 0.000294. The number of esters is 1. The van der Waals surface area contributed by atoms with Crippen LogP contribution in [0.25, 0.3) is 0 Å². The van der Waals surface area contributed by atoms with E-state index in [4.69, 9.17) is 4.74 Å². The number of benzene rings is 1. The zero-order valence-electron chi connectivity index (χ0n) is 10.1. The van der Waals surface area contributed by atoms with Gasteiger partial charge in [0.2, 0.25) is 0 Å². The molecule has 1 rings (SSSR count). The lowest BCUT2D eigenvalue weighted by Gasteiger charge is -2.07. The average molecular weight is 249 g/mol. The fourth-order valence-electron chi connectivity index (χ4n) is 1.17. The summed E-state index contributed by atoms with van der Waals surface area (Å²) in [6, 6.07) is 9.29. The van der Waals surface area contributed by atoms with Crippen LogP contribution in [-0.2, 0) is 20.9 Å². The van der Waals surface area contributed by atoms with Gasteiger partial charge in [0.1, 0.15) is 6.61 Å². The highest BCUT2D eigenvalue weighted by atomic mass is 16.5. The van der Waals surface area contributed by atoms with Gasteiger partial charge >= 0.3 is 12.1 Å². The van der Waals surface area contributed by atoms with E-state index in [1.165, 1.54) is 7.11 Å². The summed E-state index contributed by atoms with van der Waals surface area (Å²) in [5.41, 5.74) is 1.05. The molecule has 0 saturated carbocycles. The Morgan fingerprint density at radius 3 is 2.56 bits per heavy atom. The van der Waals surface area contributed by atoms with Crippen LogP contribution in [-0.4, -0.2) is 25.7 Å². The Bertz CT molecular complexity index is 428. The van der Waals surface area contributed by atoms with E-state index in [2.05, 4.69) is 16.6 Å². The van der Waals surface area contributed by atoms with Gasteiger partial charge in [-0.25, -0.2) is 9.59 Å². The van der Waals surface area contributed by atoms with Crippen LogP contribution >= 0.6 is 0 Å². The van der Waals surface area contributed by atoms with Crippen molar-refractivity contribution in [1.29, 1.82) is 0 Å². The average Bonchev–Trinajstić information content (AvgIpc) is 2.42. The van der Waals surface area contributed by atoms with Crippen molar-refractivity contribution in [2.45, 2.75) is 6.61 Å². The summed E-state index contributed by atoms with van der Waals surface area (Å²) in [4.78, 5) is 22.3. The first-order valence-electron chi connectivity index (χ1n) is 5.34. The molecule has 0 heterocycles. The summed E-state index contributed by atoms with van der Waals surface area (Å²) in [6.45, 7) is 3.65. The lowest BCUT2D eigenvalue weighted by Crippen LogP contribution is -2.28. The first-order valence-corrected chi connectivity index (χ1v) is 5.34. The van der Waals surface area contributed by atoms with Crippen LogP contribution in [0.5, 0.6) is 0 Å². The zero-order valence-corrected chi connectivity index (χ0v) is 10.1. The summed E-state index contributed by atoms with van der Waals surface area (Å²) < 4.78 is 9.39. The molecule has 1 aromatic carbocycles. The molecule has 0 atom stereocenters. The van der Waals surface area contributed by atoms with Crippen molar-refractivity contribution in [3.63, 3.8) is 0 Å². The molecule has 1 aromatic rings. The maximum Gasteiger partial charge on any atom is 0.407 e. The standard InChI is InChI=1S/C13H15NO4/c1-10(12(15)17-2)8-14-13(16)18-9-11-6-4-3-5-7-11/h3-7H,1,8-9H2,2H3,(H,14,16). The molecule has 5 nitrogen and oxygen atoms in total. The molecule has 1 N–H and O–H groups in total. The van der Waals surface area contributed by atoms with E-state index in [0.717, 1.165) is 5.56 Å². The minimum atomic E-state index is -0.607. The number of amides is 1. The van der Waals surface area contributed by atoms with E-state index in [1.807, 2.05) is 30.3 Å². The first-order chi connectivity index (χ1) is 8.63. The Morgan fingerprint density at radius 1 is 1.28 bits per heavy atom. The lowest BCUT2D eigenvalue weighted by molar-refractivity contribution is -0.136. The molecule has 5 heteroatoms. The van der Waals surface area contributed by atoms with E-state index in [1.54, 1.807) is 0 Å². The van der Waals surface area contributed by atoms with E-state index < -0.39 is 12.1 Å². The largest absolute Gasteiger partial charge is 0.466 e. The number of carbonyl (C=O) groups excluding carboxylic acids is 2. The van der Waals surface area contributed by atoms with Gasteiger partial charge in [0, 0.05) is 5.57 Å². The van der Waals surface area contributed by atoms with Crippen molar-refractivity contribution in [3.8, 4) is 0 Å². The fraction of sp³-hybridized carbons (Fsp3) is 0.231. The van der Waals surface area contributed by atoms with Crippen molar-refractivity contribution in [1.82, 2.24) is 5.32 Å². The molecule has 0 aliphatic rings. The molecule has 0 aliphatic carbocycles. The highest BCUT2D eigenvalue weighted by Crippen LogP contribution is 2.00. The number of nitrogens with one attached hydrogen (secondary N) is 1. The Kier molecular flexibility index (Phi) is 5.44. The summed E-state index contributed by atoms with van der Waals surface area (Å²) in [5, 5.41) is 2.41. The van der Waals surface area contributed by atoms with Crippen molar-refractivity contribution in [2.75, 3.05) is 13.7 Å². The maximum absolute atomic E-state index is 11.3. The van der Waals surface area contributed by atoms with E-state index in [-0.39, 0.29) is 18.7 Å². The van der Waals surface area contributed by atoms with E-state index in [0.29, 0.717) is 0 Å². The second kappa shape index (κ2) is 7.11. The molecular formula is C13H15NO4. The first kappa shape index (κ1) is 13.8. The Hall–Kier alpha value is -2.30. The van der Waals surface area contributed by atoms with Gasteiger partial charge < -0.3 is 14.8 Å². The van der Waals surface area contributed by atoms with E-state index >= 15 is 0 Å². The van der Waals surface area contributed by atoms with Crippen LogP contribution in [0.3, 0.4) is 0 Å². The molecule has 0 saturated heterocycles. The molecule has 0 spiro atoms. The van der Waals surface area contributed by atoms with Gasteiger partial charge in [0.05, 0.1) is 13.7 Å². The number of hydrogen-bond acceptors (Lipinski definition) is 4. The van der Waals surface area contributed by atoms with Gasteiger partial charge in [-0.3, -0.25) is 0 Å². The topological polar surface area (TPSA) is 64.6 Å². The third kappa shape index (κ3) is 4.69. The van der Waals surface area contributed by atoms with Gasteiger partial charge in [-0.1, -0.05) is 36.9 Å². The highest BCUT2D eigenvalue weighted by molar-refractivity contribution is 5.88. The fourth-order valence-corrected chi connectivity index (χ4v) is 1.17. The Balaban J connectivity index is 2.26. The minimum Gasteiger partial charge on any atom is -0.466 e. The summed E-state index contributed by atoms with van der Waals surface area (Å²) in [6.07, 6.45) is -0.607. The van der Waals surface area contributed by atoms with Crippen LogP contribution in [0, 0.1) is 0 Å². The number of hydrogen-bond donors (Lipinski definition) is 1. The van der Waals surface area contributed by atoms with Crippen LogP contribution in [0.2, 0.25) is 0 Å². The summed E-state index contributed by atoms with van der Waals surface area (Å²) in [5.74, 6) is -0.557. The third-order valence-corrected chi connectivity index (χ3v) is 2.13. The third-order valence-electron chi connectivity index (χ3n) is 2.13. The highest BCUT2D eigenvalue weighted by Gasteiger charge is 2.08. The van der Waals surface area contributed by atoms with Crippen LogP contribution in [0.15, 0.2) is 42.5 Å². The molecule has 0 fully saturated rings. The van der Waals surface area contributed by atoms with Crippen molar-refractivity contribution < 1.29 is 19.1 Å². The molecule has 0 aliphatic heterocycles. The Morgan fingerprint density at radius 2 is 1.94 bits per heavy atom. The second-order valence-corrected chi connectivity index (χ2v) is 3.51. The van der Waals surface area contributed by atoms with Gasteiger partial charge in [-0.15, -0.1) is 0 Å². The SMILES string of the molecule is C=C(CNC(=O)OCc1ccccc1)C(=O)OC. The second-order valence-electron chi connectivity index (χ2n) is 3.51. The monoisotopic (exact) mass is 249 g/mol. The van der Waals surface area contributed by atoms with Crippen LogP contribution in [0.4, 0.5) is 4.79 Å². The van der Waals surface area contributed by atoms with Crippen molar-refractivity contribution in [3.05, 3.63) is 48.0 Å². The molecule has 18 heavy (non-hydrogen) atoms. The molecule has 0 bridgehead atoms.